The number of aliphatic hydroxyl groups is 1. The Morgan fingerprint density at radius 2 is 1.92 bits per heavy atom. The van der Waals surface area contributed by atoms with Gasteiger partial charge in [0, 0.05) is 30.1 Å². The molecule has 3 saturated carbocycles. The van der Waals surface area contributed by atoms with Crippen LogP contribution in [0.3, 0.4) is 0 Å². The van der Waals surface area contributed by atoms with Crippen LogP contribution in [0, 0.1) is 22.7 Å². The summed E-state index contributed by atoms with van der Waals surface area (Å²) >= 11 is 0. The summed E-state index contributed by atoms with van der Waals surface area (Å²) in [5.74, 6) is -3.94. The maximum Gasteiger partial charge on any atom is 0.306 e. The molecular formula is C28H36F2O7. The zero-order chi connectivity index (χ0) is 27.4. The molecule has 0 bridgehead atoms. The van der Waals surface area contributed by atoms with Gasteiger partial charge in [-0.25, -0.2) is 8.78 Å². The van der Waals surface area contributed by atoms with Crippen molar-refractivity contribution < 1.29 is 42.5 Å². The highest BCUT2D eigenvalue weighted by Gasteiger charge is 2.76. The van der Waals surface area contributed by atoms with Crippen molar-refractivity contribution in [2.24, 2.45) is 22.7 Å². The lowest BCUT2D eigenvalue weighted by atomic mass is 9.44. The number of rotatable bonds is 7. The summed E-state index contributed by atoms with van der Waals surface area (Å²) in [6.45, 7) is 5.64. The van der Waals surface area contributed by atoms with Gasteiger partial charge >= 0.3 is 11.9 Å². The second-order valence-corrected chi connectivity index (χ2v) is 11.5. The number of carbonyl (C=O) groups excluding carboxylic acids is 4. The minimum absolute atomic E-state index is 0.0163. The van der Waals surface area contributed by atoms with Gasteiger partial charge < -0.3 is 14.6 Å². The summed E-state index contributed by atoms with van der Waals surface area (Å²) in [7, 11) is 0. The summed E-state index contributed by atoms with van der Waals surface area (Å²) in [4.78, 5) is 49.9. The predicted molar refractivity (Wildman–Crippen MR) is 129 cm³/mol. The Kier molecular flexibility index (Phi) is 7.01. The molecule has 0 aromatic heterocycles. The van der Waals surface area contributed by atoms with Crippen molar-refractivity contribution in [3.05, 3.63) is 23.8 Å². The first-order valence-corrected chi connectivity index (χ1v) is 13.1. The largest absolute Gasteiger partial charge is 0.458 e. The fourth-order valence-electron chi connectivity index (χ4n) is 7.72. The van der Waals surface area contributed by atoms with Crippen LogP contribution in [0.2, 0.25) is 0 Å². The molecule has 37 heavy (non-hydrogen) atoms. The molecule has 0 heterocycles. The van der Waals surface area contributed by atoms with E-state index in [1.165, 1.54) is 19.1 Å². The lowest BCUT2D eigenvalue weighted by Gasteiger charge is -2.63. The molecule has 0 aliphatic heterocycles. The number of aliphatic hydroxyl groups excluding tert-OH is 1. The van der Waals surface area contributed by atoms with Gasteiger partial charge in [-0.1, -0.05) is 26.3 Å². The summed E-state index contributed by atoms with van der Waals surface area (Å²) in [6.07, 6.45) is 1.63. The van der Waals surface area contributed by atoms with Crippen molar-refractivity contribution >= 4 is 23.5 Å². The van der Waals surface area contributed by atoms with Crippen LogP contribution in [0.5, 0.6) is 0 Å². The maximum absolute atomic E-state index is 17.3. The molecule has 5 unspecified atom stereocenters. The minimum atomic E-state index is -2.30. The molecular weight excluding hydrogens is 486 g/mol. The highest BCUT2D eigenvalue weighted by atomic mass is 19.1. The number of unbranched alkanes of at least 4 members (excludes halogenated alkanes) is 1. The molecule has 8 atom stereocenters. The fourth-order valence-corrected chi connectivity index (χ4v) is 7.72. The molecule has 4 aliphatic rings. The molecule has 0 aromatic carbocycles. The zero-order valence-electron chi connectivity index (χ0n) is 21.9. The third kappa shape index (κ3) is 3.91. The average Bonchev–Trinajstić information content (AvgIpc) is 3.11. The van der Waals surface area contributed by atoms with Gasteiger partial charge in [-0.15, -0.1) is 0 Å². The summed E-state index contributed by atoms with van der Waals surface area (Å²) in [5.41, 5.74) is -6.81. The molecule has 0 aromatic rings. The third-order valence-corrected chi connectivity index (χ3v) is 9.63. The first-order valence-electron chi connectivity index (χ1n) is 13.1. The van der Waals surface area contributed by atoms with Crippen molar-refractivity contribution in [3.63, 3.8) is 0 Å². The van der Waals surface area contributed by atoms with Crippen molar-refractivity contribution in [3.8, 4) is 0 Å². The quantitative estimate of drug-likeness (QED) is 0.505. The van der Waals surface area contributed by atoms with Gasteiger partial charge in [-0.2, -0.15) is 0 Å². The molecule has 7 nitrogen and oxygen atoms in total. The zero-order valence-corrected chi connectivity index (χ0v) is 21.9. The average molecular weight is 523 g/mol. The summed E-state index contributed by atoms with van der Waals surface area (Å²) < 4.78 is 43.8. The predicted octanol–water partition coefficient (Wildman–Crippen LogP) is 3.91. The second-order valence-electron chi connectivity index (χ2n) is 11.5. The number of hydrogen-bond donors (Lipinski definition) is 1. The number of ketones is 2. The van der Waals surface area contributed by atoms with Gasteiger partial charge in [0.25, 0.3) is 0 Å². The van der Waals surface area contributed by atoms with Gasteiger partial charge in [-0.05, 0) is 62.7 Å². The smallest absolute Gasteiger partial charge is 0.306 e. The van der Waals surface area contributed by atoms with E-state index in [2.05, 4.69) is 0 Å². The van der Waals surface area contributed by atoms with Crippen LogP contribution >= 0.6 is 0 Å². The van der Waals surface area contributed by atoms with Crippen molar-refractivity contribution in [1.29, 1.82) is 0 Å². The van der Waals surface area contributed by atoms with E-state index in [9.17, 15) is 24.3 Å². The topological polar surface area (TPSA) is 107 Å². The summed E-state index contributed by atoms with van der Waals surface area (Å²) in [5, 5.41) is 11.5. The Morgan fingerprint density at radius 1 is 1.22 bits per heavy atom. The Morgan fingerprint density at radius 3 is 2.57 bits per heavy atom. The van der Waals surface area contributed by atoms with Gasteiger partial charge in [-0.3, -0.25) is 19.2 Å². The Balaban J connectivity index is 1.78. The highest BCUT2D eigenvalue weighted by molar-refractivity contribution is 6.01. The number of fused-ring (bicyclic) bond motifs is 5. The molecule has 4 aliphatic carbocycles. The highest BCUT2D eigenvalue weighted by Crippen LogP contribution is 2.70. The Bertz CT molecular complexity index is 1070. The van der Waals surface area contributed by atoms with E-state index < -0.39 is 76.3 Å². The number of Topliss-reactive ketones (excluding diaryl/α,β-unsaturated/α-hetero) is 1. The summed E-state index contributed by atoms with van der Waals surface area (Å²) in [6, 6.07) is 0. The van der Waals surface area contributed by atoms with Crippen LogP contribution in [0.15, 0.2) is 23.8 Å². The van der Waals surface area contributed by atoms with E-state index in [1.807, 2.05) is 6.92 Å². The molecule has 3 fully saturated rings. The van der Waals surface area contributed by atoms with E-state index in [1.54, 1.807) is 6.92 Å². The second kappa shape index (κ2) is 9.40. The third-order valence-electron chi connectivity index (χ3n) is 9.63. The molecule has 1 N–H and O–H groups in total. The molecule has 0 saturated heterocycles. The van der Waals surface area contributed by atoms with Crippen LogP contribution in [0.1, 0.15) is 72.6 Å². The van der Waals surface area contributed by atoms with Crippen molar-refractivity contribution in [1.82, 2.24) is 0 Å². The van der Waals surface area contributed by atoms with Crippen LogP contribution in [-0.4, -0.2) is 58.8 Å². The van der Waals surface area contributed by atoms with Crippen LogP contribution in [-0.2, 0) is 28.7 Å². The number of allylic oxidation sites excluding steroid dienone is 4. The van der Waals surface area contributed by atoms with Gasteiger partial charge in [0.2, 0.25) is 5.78 Å². The Labute approximate surface area is 215 Å². The lowest BCUT2D eigenvalue weighted by molar-refractivity contribution is -0.229. The first kappa shape index (κ1) is 27.6. The maximum atomic E-state index is 17.3. The van der Waals surface area contributed by atoms with E-state index in [0.29, 0.717) is 6.42 Å². The number of halogens is 2. The monoisotopic (exact) mass is 522 g/mol. The van der Waals surface area contributed by atoms with Gasteiger partial charge in [0.1, 0.15) is 6.17 Å². The first-order chi connectivity index (χ1) is 17.3. The SMILES string of the molecule is CCCCC(=O)O[C@]1(C(=O)COC(C)=O)CCC2C3C[C@H](F)C4=CC(=O)C=CC4(C)[C@@]3(F)C(O)CC21C. The van der Waals surface area contributed by atoms with E-state index in [0.717, 1.165) is 19.4 Å². The van der Waals surface area contributed by atoms with Crippen LogP contribution in [0.25, 0.3) is 0 Å². The molecule has 0 spiro atoms. The number of carbonyl (C=O) groups is 4. The molecule has 4 rings (SSSR count). The van der Waals surface area contributed by atoms with Gasteiger partial charge in [0.05, 0.1) is 6.10 Å². The molecule has 0 radical (unpaired) electrons. The fraction of sp³-hybridized carbons (Fsp3) is 0.714. The minimum Gasteiger partial charge on any atom is -0.458 e. The molecule has 9 heteroatoms. The lowest BCUT2D eigenvalue weighted by Crippen LogP contribution is -2.70. The van der Waals surface area contributed by atoms with Gasteiger partial charge in [0.15, 0.2) is 23.7 Å². The standard InChI is InChI=1S/C28H36F2O7/c1-5-6-7-24(35)37-27(23(34)15-36-16(2)31)11-9-18-19-13-21(29)20-12-17(32)8-10-25(20,3)28(19,30)22(33)14-26(18,27)4/h8,10,12,18-19,21-22,33H,5-7,9,11,13-15H2,1-4H3/t18?,19?,21-,22?,25?,26?,27-,28-/m0/s1. The number of alkyl halides is 2. The van der Waals surface area contributed by atoms with Crippen LogP contribution in [0.4, 0.5) is 8.78 Å². The Hall–Kier alpha value is -2.42. The van der Waals surface area contributed by atoms with Crippen LogP contribution < -0.4 is 0 Å². The number of hydrogen-bond acceptors (Lipinski definition) is 7. The van der Waals surface area contributed by atoms with E-state index in [-0.39, 0.29) is 37.7 Å². The molecule has 0 amide bonds. The van der Waals surface area contributed by atoms with E-state index >= 15 is 8.78 Å². The normalized spacial score (nSPS) is 42.2. The number of ether oxygens (including phenoxy) is 2. The van der Waals surface area contributed by atoms with E-state index in [4.69, 9.17) is 9.47 Å². The molecule has 204 valence electrons. The number of esters is 2. The van der Waals surface area contributed by atoms with Crippen molar-refractivity contribution in [2.45, 2.75) is 96.2 Å². The van der Waals surface area contributed by atoms with Crippen molar-refractivity contribution in [2.75, 3.05) is 6.61 Å².